The third-order valence-corrected chi connectivity index (χ3v) is 2.40. The number of esters is 2. The standard InChI is InChI=1S/C13H12F4O4/c1-6(2)21-12(19)9-8(13(15,16)17)5-4-7(10(9)14)11(18)20-3/h4-6H,1-3H3. The largest absolute Gasteiger partial charge is 0.465 e. The fourth-order valence-corrected chi connectivity index (χ4v) is 1.55. The van der Waals surface area contributed by atoms with E-state index in [1.807, 2.05) is 0 Å². The molecule has 0 fully saturated rings. The highest BCUT2D eigenvalue weighted by Gasteiger charge is 2.39. The van der Waals surface area contributed by atoms with E-state index in [2.05, 4.69) is 9.47 Å². The van der Waals surface area contributed by atoms with Crippen molar-refractivity contribution in [1.82, 2.24) is 0 Å². The topological polar surface area (TPSA) is 52.6 Å². The first-order valence-corrected chi connectivity index (χ1v) is 5.78. The molecule has 0 aliphatic carbocycles. The molecule has 116 valence electrons. The summed E-state index contributed by atoms with van der Waals surface area (Å²) in [6.07, 6.45) is -5.72. The smallest absolute Gasteiger partial charge is 0.417 e. The number of rotatable bonds is 3. The molecule has 0 N–H and O–H groups in total. The molecule has 1 aromatic carbocycles. The first kappa shape index (κ1) is 16.9. The van der Waals surface area contributed by atoms with Crippen molar-refractivity contribution >= 4 is 11.9 Å². The molecule has 0 saturated carbocycles. The second-order valence-corrected chi connectivity index (χ2v) is 4.29. The minimum absolute atomic E-state index is 0.437. The summed E-state index contributed by atoms with van der Waals surface area (Å²) in [4.78, 5) is 23.0. The van der Waals surface area contributed by atoms with E-state index < -0.39 is 46.7 Å². The minimum Gasteiger partial charge on any atom is -0.465 e. The number of carbonyl (C=O) groups excluding carboxylic acids is 2. The molecule has 0 aliphatic rings. The molecule has 0 saturated heterocycles. The lowest BCUT2D eigenvalue weighted by atomic mass is 10.0. The molecule has 21 heavy (non-hydrogen) atoms. The average molecular weight is 308 g/mol. The summed E-state index contributed by atoms with van der Waals surface area (Å²) in [5, 5.41) is 0. The molecule has 0 aromatic heterocycles. The minimum atomic E-state index is -4.97. The Morgan fingerprint density at radius 3 is 2.14 bits per heavy atom. The van der Waals surface area contributed by atoms with Crippen LogP contribution in [0.15, 0.2) is 12.1 Å². The second-order valence-electron chi connectivity index (χ2n) is 4.29. The van der Waals surface area contributed by atoms with Gasteiger partial charge in [-0.2, -0.15) is 13.2 Å². The van der Waals surface area contributed by atoms with E-state index in [4.69, 9.17) is 0 Å². The summed E-state index contributed by atoms with van der Waals surface area (Å²) in [5.74, 6) is -4.32. The summed E-state index contributed by atoms with van der Waals surface area (Å²) >= 11 is 0. The number of carbonyl (C=O) groups is 2. The Bertz CT molecular complexity index is 564. The maximum Gasteiger partial charge on any atom is 0.417 e. The van der Waals surface area contributed by atoms with Gasteiger partial charge in [0.25, 0.3) is 0 Å². The molecule has 0 radical (unpaired) electrons. The van der Waals surface area contributed by atoms with Crippen LogP contribution in [0.1, 0.15) is 40.1 Å². The van der Waals surface area contributed by atoms with E-state index in [-0.39, 0.29) is 0 Å². The Kier molecular flexibility index (Phi) is 4.93. The number of hydrogen-bond acceptors (Lipinski definition) is 4. The van der Waals surface area contributed by atoms with Gasteiger partial charge in [0, 0.05) is 0 Å². The van der Waals surface area contributed by atoms with Crippen LogP contribution in [0.4, 0.5) is 17.6 Å². The van der Waals surface area contributed by atoms with Crippen molar-refractivity contribution in [3.05, 3.63) is 34.6 Å². The van der Waals surface area contributed by atoms with Gasteiger partial charge in [-0.25, -0.2) is 14.0 Å². The molecule has 4 nitrogen and oxygen atoms in total. The average Bonchev–Trinajstić information content (AvgIpc) is 2.35. The van der Waals surface area contributed by atoms with E-state index in [1.165, 1.54) is 13.8 Å². The summed E-state index contributed by atoms with van der Waals surface area (Å²) in [6.45, 7) is 2.79. The molecule has 0 spiro atoms. The van der Waals surface area contributed by atoms with Crippen molar-refractivity contribution in [2.45, 2.75) is 26.1 Å². The summed E-state index contributed by atoms with van der Waals surface area (Å²) in [5.41, 5.74) is -3.63. The quantitative estimate of drug-likeness (QED) is 0.635. The van der Waals surface area contributed by atoms with Crippen LogP contribution in [0, 0.1) is 5.82 Å². The first-order chi connectivity index (χ1) is 9.59. The van der Waals surface area contributed by atoms with Gasteiger partial charge < -0.3 is 9.47 Å². The van der Waals surface area contributed by atoms with Gasteiger partial charge in [-0.05, 0) is 26.0 Å². The van der Waals surface area contributed by atoms with Gasteiger partial charge in [0.05, 0.1) is 24.3 Å². The number of ether oxygens (including phenoxy) is 2. The molecular weight excluding hydrogens is 296 g/mol. The second kappa shape index (κ2) is 6.11. The van der Waals surface area contributed by atoms with Crippen LogP contribution < -0.4 is 0 Å². The van der Waals surface area contributed by atoms with Gasteiger partial charge in [0.2, 0.25) is 0 Å². The Morgan fingerprint density at radius 2 is 1.71 bits per heavy atom. The number of alkyl halides is 3. The zero-order valence-electron chi connectivity index (χ0n) is 11.4. The van der Waals surface area contributed by atoms with Crippen LogP contribution in [-0.4, -0.2) is 25.2 Å². The third-order valence-electron chi connectivity index (χ3n) is 2.40. The molecular formula is C13H12F4O4. The molecule has 0 aliphatic heterocycles. The monoisotopic (exact) mass is 308 g/mol. The highest BCUT2D eigenvalue weighted by Crippen LogP contribution is 2.34. The Balaban J connectivity index is 3.53. The SMILES string of the molecule is COC(=O)c1ccc(C(F)(F)F)c(C(=O)OC(C)C)c1F. The fourth-order valence-electron chi connectivity index (χ4n) is 1.55. The van der Waals surface area contributed by atoms with Gasteiger partial charge in [-0.1, -0.05) is 0 Å². The van der Waals surface area contributed by atoms with Crippen LogP contribution in [0.25, 0.3) is 0 Å². The zero-order valence-corrected chi connectivity index (χ0v) is 11.4. The first-order valence-electron chi connectivity index (χ1n) is 5.78. The Labute approximate surface area is 117 Å². The Hall–Kier alpha value is -2.12. The van der Waals surface area contributed by atoms with Crippen molar-refractivity contribution in [3.8, 4) is 0 Å². The lowest BCUT2D eigenvalue weighted by Gasteiger charge is -2.16. The van der Waals surface area contributed by atoms with Crippen molar-refractivity contribution in [3.63, 3.8) is 0 Å². The fraction of sp³-hybridized carbons (Fsp3) is 0.385. The Morgan fingerprint density at radius 1 is 1.14 bits per heavy atom. The molecule has 1 aromatic rings. The summed E-state index contributed by atoms with van der Waals surface area (Å²) in [6, 6.07) is 1.04. The molecule has 0 bridgehead atoms. The summed E-state index contributed by atoms with van der Waals surface area (Å²) < 4.78 is 61.5. The normalized spacial score (nSPS) is 11.4. The van der Waals surface area contributed by atoms with Crippen LogP contribution in [0.3, 0.4) is 0 Å². The lowest BCUT2D eigenvalue weighted by molar-refractivity contribution is -0.138. The number of methoxy groups -OCH3 is 1. The molecule has 0 atom stereocenters. The van der Waals surface area contributed by atoms with Crippen molar-refractivity contribution in [2.24, 2.45) is 0 Å². The van der Waals surface area contributed by atoms with Gasteiger partial charge in [-0.3, -0.25) is 0 Å². The van der Waals surface area contributed by atoms with Gasteiger partial charge in [-0.15, -0.1) is 0 Å². The van der Waals surface area contributed by atoms with Crippen LogP contribution >= 0.6 is 0 Å². The molecule has 0 amide bonds. The molecule has 1 rings (SSSR count). The lowest BCUT2D eigenvalue weighted by Crippen LogP contribution is -2.21. The number of halogens is 4. The maximum absolute atomic E-state index is 14.1. The van der Waals surface area contributed by atoms with E-state index in [0.717, 1.165) is 7.11 Å². The maximum atomic E-state index is 14.1. The van der Waals surface area contributed by atoms with Crippen LogP contribution in [-0.2, 0) is 15.7 Å². The third kappa shape index (κ3) is 3.71. The van der Waals surface area contributed by atoms with Crippen molar-refractivity contribution < 1.29 is 36.6 Å². The van der Waals surface area contributed by atoms with Crippen molar-refractivity contribution in [1.29, 1.82) is 0 Å². The number of benzene rings is 1. The van der Waals surface area contributed by atoms with E-state index in [0.29, 0.717) is 12.1 Å². The van der Waals surface area contributed by atoms with Gasteiger partial charge in [0.1, 0.15) is 5.56 Å². The predicted octanol–water partition coefficient (Wildman–Crippen LogP) is 3.20. The van der Waals surface area contributed by atoms with E-state index in [1.54, 1.807) is 0 Å². The molecule has 0 unspecified atom stereocenters. The summed E-state index contributed by atoms with van der Waals surface area (Å²) in [7, 11) is 0.936. The number of hydrogen-bond donors (Lipinski definition) is 0. The van der Waals surface area contributed by atoms with Crippen molar-refractivity contribution in [2.75, 3.05) is 7.11 Å². The van der Waals surface area contributed by atoms with Crippen LogP contribution in [0.2, 0.25) is 0 Å². The van der Waals surface area contributed by atoms with Crippen LogP contribution in [0.5, 0.6) is 0 Å². The highest BCUT2D eigenvalue weighted by atomic mass is 19.4. The molecule has 0 heterocycles. The van der Waals surface area contributed by atoms with E-state index >= 15 is 0 Å². The zero-order chi connectivity index (χ0) is 16.4. The van der Waals surface area contributed by atoms with Gasteiger partial charge >= 0.3 is 18.1 Å². The van der Waals surface area contributed by atoms with Gasteiger partial charge in [0.15, 0.2) is 5.82 Å². The van der Waals surface area contributed by atoms with E-state index in [9.17, 15) is 27.2 Å². The molecule has 8 heteroatoms. The predicted molar refractivity (Wildman–Crippen MR) is 63.3 cm³/mol. The highest BCUT2D eigenvalue weighted by molar-refractivity contribution is 5.97.